The topological polar surface area (TPSA) is 59.0 Å². The van der Waals surface area contributed by atoms with E-state index in [0.717, 1.165) is 25.7 Å². The Kier molecular flexibility index (Phi) is 6.28. The van der Waals surface area contributed by atoms with E-state index in [4.69, 9.17) is 11.6 Å². The summed E-state index contributed by atoms with van der Waals surface area (Å²) in [6, 6.07) is 0. The lowest BCUT2D eigenvalue weighted by molar-refractivity contribution is -0.143. The summed E-state index contributed by atoms with van der Waals surface area (Å²) in [6.45, 7) is 2.72. The van der Waals surface area contributed by atoms with Crippen molar-refractivity contribution in [1.29, 1.82) is 0 Å². The molecule has 9 heteroatoms. The third-order valence-electron chi connectivity index (χ3n) is 2.41. The number of alkyl halides is 3. The summed E-state index contributed by atoms with van der Waals surface area (Å²) in [5, 5.41) is 9.17. The molecule has 0 aliphatic carbocycles. The van der Waals surface area contributed by atoms with Gasteiger partial charge in [-0.15, -0.1) is 0 Å². The van der Waals surface area contributed by atoms with Crippen molar-refractivity contribution < 1.29 is 13.2 Å². The number of hydrogen-bond acceptors (Lipinski definition) is 4. The lowest BCUT2D eigenvalue weighted by Gasteiger charge is -2.11. The molecule has 0 fully saturated rings. The van der Waals surface area contributed by atoms with Crippen LogP contribution >= 0.6 is 11.6 Å². The van der Waals surface area contributed by atoms with E-state index in [1.807, 2.05) is 6.92 Å². The molecule has 1 aromatic rings. The Hall–Kier alpha value is -1.28. The first-order chi connectivity index (χ1) is 9.35. The standard InChI is InChI=1S/C11H16ClF3N4O/c1-2-16-4-3-5-17-8-6-18-19(7-11(13,14)15)10(20)9(8)12/h6,16-17H,2-5,7H2,1H3. The fraction of sp³-hybridized carbons (Fsp3) is 0.636. The second-order valence-corrected chi connectivity index (χ2v) is 4.46. The minimum atomic E-state index is -4.51. The smallest absolute Gasteiger partial charge is 0.382 e. The van der Waals surface area contributed by atoms with Crippen LogP contribution in [0.2, 0.25) is 5.02 Å². The fourth-order valence-electron chi connectivity index (χ4n) is 1.48. The van der Waals surface area contributed by atoms with E-state index in [2.05, 4.69) is 15.7 Å². The van der Waals surface area contributed by atoms with E-state index in [9.17, 15) is 18.0 Å². The Morgan fingerprint density at radius 3 is 2.70 bits per heavy atom. The largest absolute Gasteiger partial charge is 0.408 e. The Labute approximate surface area is 119 Å². The molecular weight excluding hydrogens is 297 g/mol. The highest BCUT2D eigenvalue weighted by Crippen LogP contribution is 2.18. The molecule has 0 radical (unpaired) electrons. The lowest BCUT2D eigenvalue weighted by atomic mass is 10.4. The Balaban J connectivity index is 2.67. The van der Waals surface area contributed by atoms with Crippen molar-refractivity contribution in [1.82, 2.24) is 15.1 Å². The number of anilines is 1. The molecule has 1 rings (SSSR count). The Morgan fingerprint density at radius 1 is 1.40 bits per heavy atom. The monoisotopic (exact) mass is 312 g/mol. The van der Waals surface area contributed by atoms with Gasteiger partial charge in [0, 0.05) is 6.54 Å². The molecule has 0 saturated heterocycles. The summed E-state index contributed by atoms with van der Waals surface area (Å²) >= 11 is 5.75. The molecule has 0 aliphatic heterocycles. The van der Waals surface area contributed by atoms with E-state index >= 15 is 0 Å². The van der Waals surface area contributed by atoms with Crippen molar-refractivity contribution >= 4 is 17.3 Å². The van der Waals surface area contributed by atoms with Gasteiger partial charge in [0.15, 0.2) is 0 Å². The average Bonchev–Trinajstić information content (AvgIpc) is 2.36. The first-order valence-electron chi connectivity index (χ1n) is 6.12. The van der Waals surface area contributed by atoms with Gasteiger partial charge in [0.05, 0.1) is 11.9 Å². The van der Waals surface area contributed by atoms with Crippen molar-refractivity contribution in [3.63, 3.8) is 0 Å². The minimum absolute atomic E-state index is 0.242. The molecule has 1 heterocycles. The molecule has 0 aliphatic rings. The summed E-state index contributed by atoms with van der Waals surface area (Å²) in [7, 11) is 0. The lowest BCUT2D eigenvalue weighted by Crippen LogP contribution is -2.31. The van der Waals surface area contributed by atoms with Crippen LogP contribution in [-0.4, -0.2) is 35.6 Å². The van der Waals surface area contributed by atoms with E-state index in [1.54, 1.807) is 0 Å². The van der Waals surface area contributed by atoms with Crippen molar-refractivity contribution in [2.45, 2.75) is 26.1 Å². The van der Waals surface area contributed by atoms with Crippen molar-refractivity contribution in [2.24, 2.45) is 0 Å². The summed E-state index contributed by atoms with van der Waals surface area (Å²) in [5.41, 5.74) is -0.715. The Bertz CT molecular complexity index is 490. The van der Waals surface area contributed by atoms with Gasteiger partial charge < -0.3 is 10.6 Å². The molecule has 0 saturated carbocycles. The molecule has 5 nitrogen and oxygen atoms in total. The molecule has 0 spiro atoms. The Morgan fingerprint density at radius 2 is 2.10 bits per heavy atom. The van der Waals surface area contributed by atoms with Crippen LogP contribution < -0.4 is 16.2 Å². The zero-order valence-corrected chi connectivity index (χ0v) is 11.7. The number of nitrogens with one attached hydrogen (secondary N) is 2. The van der Waals surface area contributed by atoms with E-state index in [0.29, 0.717) is 11.2 Å². The molecule has 0 amide bonds. The highest BCUT2D eigenvalue weighted by molar-refractivity contribution is 6.32. The zero-order valence-electron chi connectivity index (χ0n) is 10.9. The normalized spacial score (nSPS) is 11.7. The molecule has 0 atom stereocenters. The number of nitrogens with zero attached hydrogens (tertiary/aromatic N) is 2. The fourth-order valence-corrected chi connectivity index (χ4v) is 1.70. The molecule has 0 unspecified atom stereocenters. The van der Waals surface area contributed by atoms with E-state index in [1.165, 1.54) is 0 Å². The maximum absolute atomic E-state index is 12.2. The van der Waals surface area contributed by atoms with Gasteiger partial charge in [-0.1, -0.05) is 18.5 Å². The molecule has 0 aromatic carbocycles. The number of hydrogen-bond donors (Lipinski definition) is 2. The summed E-state index contributed by atoms with van der Waals surface area (Å²) in [4.78, 5) is 11.6. The summed E-state index contributed by atoms with van der Waals surface area (Å²) < 4.78 is 36.9. The van der Waals surface area contributed by atoms with Gasteiger partial charge in [0.25, 0.3) is 5.56 Å². The predicted octanol–water partition coefficient (Wildman–Crippen LogP) is 1.87. The van der Waals surface area contributed by atoms with Crippen molar-refractivity contribution in [3.8, 4) is 0 Å². The third kappa shape index (κ3) is 5.38. The maximum Gasteiger partial charge on any atom is 0.408 e. The first kappa shape index (κ1) is 16.8. The van der Waals surface area contributed by atoms with Crippen molar-refractivity contribution in [2.75, 3.05) is 25.0 Å². The van der Waals surface area contributed by atoms with Crippen LogP contribution in [0.4, 0.5) is 18.9 Å². The minimum Gasteiger partial charge on any atom is -0.382 e. The number of rotatable bonds is 7. The molecule has 1 aromatic heterocycles. The predicted molar refractivity (Wildman–Crippen MR) is 71.2 cm³/mol. The van der Waals surface area contributed by atoms with Gasteiger partial charge in [0.1, 0.15) is 11.6 Å². The van der Waals surface area contributed by atoms with Crippen LogP contribution in [0.15, 0.2) is 11.0 Å². The van der Waals surface area contributed by atoms with Gasteiger partial charge in [0.2, 0.25) is 0 Å². The quantitative estimate of drug-likeness (QED) is 0.755. The molecular formula is C11H16ClF3N4O. The van der Waals surface area contributed by atoms with Crippen molar-refractivity contribution in [3.05, 3.63) is 21.6 Å². The van der Waals surface area contributed by atoms with Gasteiger partial charge in [-0.2, -0.15) is 18.3 Å². The van der Waals surface area contributed by atoms with Gasteiger partial charge in [-0.3, -0.25) is 4.79 Å². The molecule has 0 bridgehead atoms. The van der Waals surface area contributed by atoms with E-state index in [-0.39, 0.29) is 10.7 Å². The van der Waals surface area contributed by atoms with Crippen LogP contribution in [-0.2, 0) is 6.54 Å². The molecule has 114 valence electrons. The average molecular weight is 313 g/mol. The number of aromatic nitrogens is 2. The van der Waals surface area contributed by atoms with Gasteiger partial charge in [-0.25, -0.2) is 4.68 Å². The van der Waals surface area contributed by atoms with Crippen LogP contribution in [0.3, 0.4) is 0 Å². The summed E-state index contributed by atoms with van der Waals surface area (Å²) in [5.74, 6) is 0. The maximum atomic E-state index is 12.2. The van der Waals surface area contributed by atoms with Crippen LogP contribution in [0.25, 0.3) is 0 Å². The molecule has 2 N–H and O–H groups in total. The van der Waals surface area contributed by atoms with E-state index < -0.39 is 18.3 Å². The first-order valence-corrected chi connectivity index (χ1v) is 6.50. The van der Waals surface area contributed by atoms with Crippen LogP contribution in [0.1, 0.15) is 13.3 Å². The highest BCUT2D eigenvalue weighted by atomic mass is 35.5. The SMILES string of the molecule is CCNCCCNc1cnn(CC(F)(F)F)c(=O)c1Cl. The number of halogens is 4. The van der Waals surface area contributed by atoms with Gasteiger partial charge in [-0.05, 0) is 19.5 Å². The van der Waals surface area contributed by atoms with Gasteiger partial charge >= 0.3 is 6.18 Å². The third-order valence-corrected chi connectivity index (χ3v) is 2.77. The zero-order chi connectivity index (χ0) is 15.2. The summed E-state index contributed by atoms with van der Waals surface area (Å²) in [6.07, 6.45) is -2.60. The molecule has 20 heavy (non-hydrogen) atoms. The van der Waals surface area contributed by atoms with Crippen LogP contribution in [0.5, 0.6) is 0 Å². The second kappa shape index (κ2) is 7.49. The van der Waals surface area contributed by atoms with Crippen LogP contribution in [0, 0.1) is 0 Å². The second-order valence-electron chi connectivity index (χ2n) is 4.08. The highest BCUT2D eigenvalue weighted by Gasteiger charge is 2.29.